The lowest BCUT2D eigenvalue weighted by Crippen LogP contribution is -2.46. The zero-order chi connectivity index (χ0) is 27.4. The molecule has 0 radical (unpaired) electrons. The van der Waals surface area contributed by atoms with Crippen LogP contribution in [0.4, 0.5) is 8.78 Å². The summed E-state index contributed by atoms with van der Waals surface area (Å²) in [4.78, 5) is 18.5. The first-order valence-electron chi connectivity index (χ1n) is 13.5. The van der Waals surface area contributed by atoms with Crippen molar-refractivity contribution < 1.29 is 18.3 Å². The van der Waals surface area contributed by atoms with E-state index in [1.807, 2.05) is 36.4 Å². The second kappa shape index (κ2) is 12.0. The zero-order valence-corrected chi connectivity index (χ0v) is 22.1. The number of benzene rings is 3. The second-order valence-electron chi connectivity index (χ2n) is 10.2. The smallest absolute Gasteiger partial charge is 0.339 e. The molecule has 3 N–H and O–H groups in total. The highest BCUT2D eigenvalue weighted by Crippen LogP contribution is 2.31. The van der Waals surface area contributed by atoms with Crippen LogP contribution in [0.5, 0.6) is 0 Å². The van der Waals surface area contributed by atoms with Gasteiger partial charge in [0.15, 0.2) is 0 Å². The van der Waals surface area contributed by atoms with Gasteiger partial charge in [-0.25, -0.2) is 13.6 Å². The molecular weight excluding hydrogens is 496 g/mol. The standard InChI is InChI=1S/C32H33F2N3O2/c1-2-20-7-5-8-21(13-20)18-36-19-30(27(35)16-22-14-23(33)17-24(34)15-22)39-32(38)31-25-9-3-4-11-28(25)37-29-12-6-10-26(29)31/h3-5,7-9,11,13-15,17,27,30,36H,2,6,10,12,16,18-19,35H2,1H3/t27-,30+/m0/s1. The normalized spacial score (nSPS) is 14.3. The number of carbonyl (C=O) groups is 1. The molecule has 5 rings (SSSR count). The van der Waals surface area contributed by atoms with Crippen molar-refractivity contribution in [2.75, 3.05) is 6.54 Å². The first-order chi connectivity index (χ1) is 18.9. The summed E-state index contributed by atoms with van der Waals surface area (Å²) in [5, 5.41) is 4.13. The van der Waals surface area contributed by atoms with Crippen LogP contribution in [0.25, 0.3) is 10.9 Å². The van der Waals surface area contributed by atoms with Crippen molar-refractivity contribution in [2.45, 2.75) is 57.7 Å². The molecule has 1 heterocycles. The number of nitrogens with zero attached hydrogens (tertiary/aromatic N) is 1. The largest absolute Gasteiger partial charge is 0.456 e. The molecule has 0 unspecified atom stereocenters. The number of hydrogen-bond acceptors (Lipinski definition) is 5. The fourth-order valence-electron chi connectivity index (χ4n) is 5.37. The summed E-state index contributed by atoms with van der Waals surface area (Å²) >= 11 is 0. The summed E-state index contributed by atoms with van der Waals surface area (Å²) in [7, 11) is 0. The molecular formula is C32H33F2N3O2. The van der Waals surface area contributed by atoms with Crippen molar-refractivity contribution in [3.05, 3.63) is 112 Å². The summed E-state index contributed by atoms with van der Waals surface area (Å²) in [5.41, 5.74) is 12.5. The maximum atomic E-state index is 13.9. The van der Waals surface area contributed by atoms with Gasteiger partial charge in [0, 0.05) is 36.3 Å². The number of aromatic nitrogens is 1. The van der Waals surface area contributed by atoms with Gasteiger partial charge < -0.3 is 15.8 Å². The van der Waals surface area contributed by atoms with Crippen LogP contribution in [0, 0.1) is 11.6 Å². The Bertz CT molecular complexity index is 1470. The molecule has 202 valence electrons. The molecule has 0 aliphatic heterocycles. The van der Waals surface area contributed by atoms with Crippen LogP contribution in [-0.2, 0) is 37.0 Å². The number of ether oxygens (including phenoxy) is 1. The van der Waals surface area contributed by atoms with Gasteiger partial charge in [0.25, 0.3) is 0 Å². The van der Waals surface area contributed by atoms with Gasteiger partial charge in [-0.05, 0) is 72.6 Å². The number of fused-ring (bicyclic) bond motifs is 2. The molecule has 0 fully saturated rings. The number of hydrogen-bond donors (Lipinski definition) is 2. The minimum Gasteiger partial charge on any atom is -0.456 e. The molecule has 0 amide bonds. The van der Waals surface area contributed by atoms with Crippen LogP contribution < -0.4 is 11.1 Å². The Labute approximate surface area is 227 Å². The average Bonchev–Trinajstić information content (AvgIpc) is 3.38. The zero-order valence-electron chi connectivity index (χ0n) is 22.1. The quantitative estimate of drug-likeness (QED) is 0.267. The van der Waals surface area contributed by atoms with E-state index in [-0.39, 0.29) is 13.0 Å². The fraction of sp³-hybridized carbons (Fsp3) is 0.312. The van der Waals surface area contributed by atoms with Crippen LogP contribution in [0.1, 0.15) is 51.7 Å². The number of carbonyl (C=O) groups excluding carboxylic acids is 1. The summed E-state index contributed by atoms with van der Waals surface area (Å²) < 4.78 is 33.8. The van der Waals surface area contributed by atoms with Crippen molar-refractivity contribution in [3.63, 3.8) is 0 Å². The molecule has 0 bridgehead atoms. The first-order valence-corrected chi connectivity index (χ1v) is 13.5. The van der Waals surface area contributed by atoms with Crippen LogP contribution in [0.15, 0.2) is 66.7 Å². The summed E-state index contributed by atoms with van der Waals surface area (Å²) in [6, 6.07) is 18.5. The number of nitrogens with two attached hydrogens (primary N) is 1. The van der Waals surface area contributed by atoms with Gasteiger partial charge in [-0.2, -0.15) is 0 Å². The van der Waals surface area contributed by atoms with Gasteiger partial charge in [0.05, 0.1) is 11.1 Å². The number of pyridine rings is 1. The van der Waals surface area contributed by atoms with E-state index in [2.05, 4.69) is 24.4 Å². The van der Waals surface area contributed by atoms with E-state index >= 15 is 0 Å². The topological polar surface area (TPSA) is 77.2 Å². The molecule has 39 heavy (non-hydrogen) atoms. The summed E-state index contributed by atoms with van der Waals surface area (Å²) in [5.74, 6) is -1.79. The van der Waals surface area contributed by atoms with E-state index in [0.29, 0.717) is 17.7 Å². The van der Waals surface area contributed by atoms with Crippen LogP contribution in [0.2, 0.25) is 0 Å². The molecule has 5 nitrogen and oxygen atoms in total. The predicted octanol–water partition coefficient (Wildman–Crippen LogP) is 5.45. The van der Waals surface area contributed by atoms with E-state index in [9.17, 15) is 13.6 Å². The van der Waals surface area contributed by atoms with Crippen molar-refractivity contribution in [3.8, 4) is 0 Å². The lowest BCUT2D eigenvalue weighted by molar-refractivity contribution is 0.0239. The average molecular weight is 530 g/mol. The molecule has 1 aliphatic carbocycles. The number of rotatable bonds is 10. The summed E-state index contributed by atoms with van der Waals surface area (Å²) in [6.07, 6.45) is 2.88. The number of halogens is 2. The maximum Gasteiger partial charge on any atom is 0.339 e. The fourth-order valence-corrected chi connectivity index (χ4v) is 5.37. The lowest BCUT2D eigenvalue weighted by Gasteiger charge is -2.26. The van der Waals surface area contributed by atoms with Gasteiger partial charge in [-0.1, -0.05) is 49.4 Å². The minimum atomic E-state index is -0.734. The van der Waals surface area contributed by atoms with E-state index in [0.717, 1.165) is 59.5 Å². The van der Waals surface area contributed by atoms with Gasteiger partial charge in [0.2, 0.25) is 0 Å². The number of esters is 1. The Morgan fingerprint density at radius 2 is 1.77 bits per heavy atom. The number of para-hydroxylation sites is 1. The van der Waals surface area contributed by atoms with E-state index < -0.39 is 29.7 Å². The highest BCUT2D eigenvalue weighted by molar-refractivity contribution is 6.05. The number of nitrogens with one attached hydrogen (secondary N) is 1. The van der Waals surface area contributed by atoms with Crippen LogP contribution >= 0.6 is 0 Å². The Hall–Kier alpha value is -3.68. The third-order valence-electron chi connectivity index (χ3n) is 7.33. The number of aryl methyl sites for hydroxylation is 2. The van der Waals surface area contributed by atoms with Crippen molar-refractivity contribution in [2.24, 2.45) is 5.73 Å². The van der Waals surface area contributed by atoms with E-state index in [4.69, 9.17) is 15.5 Å². The molecule has 4 aromatic rings. The molecule has 2 atom stereocenters. The Morgan fingerprint density at radius 1 is 1.00 bits per heavy atom. The van der Waals surface area contributed by atoms with Crippen LogP contribution in [0.3, 0.4) is 0 Å². The predicted molar refractivity (Wildman–Crippen MR) is 149 cm³/mol. The first kappa shape index (κ1) is 26.9. The third-order valence-corrected chi connectivity index (χ3v) is 7.33. The van der Waals surface area contributed by atoms with E-state index in [1.165, 1.54) is 17.7 Å². The van der Waals surface area contributed by atoms with Crippen LogP contribution in [-0.4, -0.2) is 29.6 Å². The molecule has 7 heteroatoms. The van der Waals surface area contributed by atoms with Gasteiger partial charge in [-0.3, -0.25) is 4.98 Å². The highest BCUT2D eigenvalue weighted by Gasteiger charge is 2.29. The maximum absolute atomic E-state index is 13.9. The molecule has 3 aromatic carbocycles. The van der Waals surface area contributed by atoms with Crippen molar-refractivity contribution in [1.29, 1.82) is 0 Å². The third kappa shape index (κ3) is 6.32. The SMILES string of the molecule is CCc1cccc(CNC[C@@H](OC(=O)c2c3c(nc4ccccc24)CCC3)[C@@H](N)Cc2cc(F)cc(F)c2)c1. The van der Waals surface area contributed by atoms with E-state index in [1.54, 1.807) is 0 Å². The molecule has 1 aliphatic rings. The minimum absolute atomic E-state index is 0.148. The molecule has 0 spiro atoms. The summed E-state index contributed by atoms with van der Waals surface area (Å²) in [6.45, 7) is 2.96. The van der Waals surface area contributed by atoms with Gasteiger partial charge in [-0.15, -0.1) is 0 Å². The molecule has 1 aromatic heterocycles. The van der Waals surface area contributed by atoms with Crippen molar-refractivity contribution >= 4 is 16.9 Å². The Kier molecular flexibility index (Phi) is 8.29. The van der Waals surface area contributed by atoms with Gasteiger partial charge in [0.1, 0.15) is 17.7 Å². The highest BCUT2D eigenvalue weighted by atomic mass is 19.1. The Balaban J connectivity index is 1.39. The molecule has 0 saturated carbocycles. The van der Waals surface area contributed by atoms with Gasteiger partial charge >= 0.3 is 5.97 Å². The van der Waals surface area contributed by atoms with Crippen molar-refractivity contribution in [1.82, 2.24) is 10.3 Å². The monoisotopic (exact) mass is 529 g/mol. The Morgan fingerprint density at radius 3 is 2.56 bits per heavy atom. The lowest BCUT2D eigenvalue weighted by atomic mass is 9.99. The molecule has 0 saturated heterocycles. The second-order valence-corrected chi connectivity index (χ2v) is 10.2.